The molecule has 1 aliphatic rings. The van der Waals surface area contributed by atoms with Gasteiger partial charge in [-0.05, 0) is 75.1 Å². The van der Waals surface area contributed by atoms with Gasteiger partial charge in [-0.15, -0.1) is 0 Å². The third-order valence-corrected chi connectivity index (χ3v) is 5.01. The van der Waals surface area contributed by atoms with Crippen LogP contribution in [0.2, 0.25) is 0 Å². The van der Waals surface area contributed by atoms with Gasteiger partial charge in [-0.3, -0.25) is 9.59 Å². The molecular formula is C22H22F2O3. The zero-order valence-electron chi connectivity index (χ0n) is 16.0. The van der Waals surface area contributed by atoms with E-state index in [-0.39, 0.29) is 11.6 Å². The smallest absolute Gasteiger partial charge is 0.179 e. The predicted molar refractivity (Wildman–Crippen MR) is 98.5 cm³/mol. The molecule has 5 heteroatoms. The van der Waals surface area contributed by atoms with Crippen molar-refractivity contribution in [3.8, 4) is 11.1 Å². The molecule has 142 valence electrons. The third-order valence-electron chi connectivity index (χ3n) is 5.01. The van der Waals surface area contributed by atoms with Gasteiger partial charge in [-0.2, -0.15) is 0 Å². The first-order chi connectivity index (χ1) is 12.4. The summed E-state index contributed by atoms with van der Waals surface area (Å²) in [4.78, 5) is 26.0. The molecule has 1 fully saturated rings. The summed E-state index contributed by atoms with van der Waals surface area (Å²) in [5, 5.41) is 0. The average Bonchev–Trinajstić information content (AvgIpc) is 2.53. The van der Waals surface area contributed by atoms with Crippen LogP contribution in [0.25, 0.3) is 11.1 Å². The van der Waals surface area contributed by atoms with Crippen molar-refractivity contribution in [2.75, 3.05) is 0 Å². The molecular weight excluding hydrogens is 350 g/mol. The quantitative estimate of drug-likeness (QED) is 0.715. The molecule has 1 heterocycles. The number of carbonyl (C=O) groups excluding carboxylic acids is 2. The van der Waals surface area contributed by atoms with Crippen molar-refractivity contribution >= 4 is 11.6 Å². The largest absolute Gasteiger partial charge is 0.354 e. The van der Waals surface area contributed by atoms with Crippen LogP contribution >= 0.6 is 0 Å². The Bertz CT molecular complexity index is 898. The number of ketones is 2. The molecule has 0 radical (unpaired) electrons. The van der Waals surface area contributed by atoms with Crippen LogP contribution in [0, 0.1) is 18.6 Å². The van der Waals surface area contributed by atoms with E-state index in [1.54, 1.807) is 52.8 Å². The van der Waals surface area contributed by atoms with Crippen LogP contribution in [0.5, 0.6) is 0 Å². The summed E-state index contributed by atoms with van der Waals surface area (Å²) in [6, 6.07) is 8.38. The fourth-order valence-electron chi connectivity index (χ4n) is 3.69. The topological polar surface area (TPSA) is 43.4 Å². The number of halogens is 2. The van der Waals surface area contributed by atoms with Crippen molar-refractivity contribution in [1.82, 2.24) is 0 Å². The lowest BCUT2D eigenvalue weighted by atomic mass is 9.73. The SMILES string of the molecule is Cc1ccc(-c2cc(F)cc(F)c2)cc1C1C(=O)C(C)(C)OC(C)(C)C1=O. The van der Waals surface area contributed by atoms with Gasteiger partial charge < -0.3 is 4.74 Å². The molecule has 27 heavy (non-hydrogen) atoms. The maximum atomic E-state index is 13.6. The van der Waals surface area contributed by atoms with Gasteiger partial charge in [0, 0.05) is 6.07 Å². The van der Waals surface area contributed by atoms with E-state index in [1.165, 1.54) is 12.1 Å². The number of carbonyl (C=O) groups is 2. The van der Waals surface area contributed by atoms with Gasteiger partial charge in [0.15, 0.2) is 11.6 Å². The Morgan fingerprint density at radius 2 is 1.33 bits per heavy atom. The van der Waals surface area contributed by atoms with Crippen molar-refractivity contribution in [3.05, 3.63) is 59.2 Å². The van der Waals surface area contributed by atoms with Crippen molar-refractivity contribution in [3.63, 3.8) is 0 Å². The fourth-order valence-corrected chi connectivity index (χ4v) is 3.69. The second-order valence-corrected chi connectivity index (χ2v) is 8.01. The van der Waals surface area contributed by atoms with E-state index in [2.05, 4.69) is 0 Å². The molecule has 0 bridgehead atoms. The summed E-state index contributed by atoms with van der Waals surface area (Å²) in [5.74, 6) is -3.00. The number of hydrogen-bond donors (Lipinski definition) is 0. The summed E-state index contributed by atoms with van der Waals surface area (Å²) >= 11 is 0. The Labute approximate surface area is 157 Å². The minimum Gasteiger partial charge on any atom is -0.354 e. The van der Waals surface area contributed by atoms with E-state index >= 15 is 0 Å². The van der Waals surface area contributed by atoms with Crippen molar-refractivity contribution in [2.24, 2.45) is 0 Å². The van der Waals surface area contributed by atoms with Crippen LogP contribution in [0.15, 0.2) is 36.4 Å². The summed E-state index contributed by atoms with van der Waals surface area (Å²) in [5.41, 5.74) is -0.0475. The lowest BCUT2D eigenvalue weighted by molar-refractivity contribution is -0.184. The van der Waals surface area contributed by atoms with E-state index in [1.807, 2.05) is 0 Å². The summed E-state index contributed by atoms with van der Waals surface area (Å²) < 4.78 is 32.9. The van der Waals surface area contributed by atoms with E-state index in [0.717, 1.165) is 11.6 Å². The number of hydrogen-bond acceptors (Lipinski definition) is 3. The van der Waals surface area contributed by atoms with Gasteiger partial charge in [0.05, 0.1) is 0 Å². The maximum Gasteiger partial charge on any atom is 0.179 e. The summed E-state index contributed by atoms with van der Waals surface area (Å²) in [6.45, 7) is 8.41. The molecule has 0 aromatic heterocycles. The molecule has 0 amide bonds. The van der Waals surface area contributed by atoms with E-state index in [4.69, 9.17) is 4.74 Å². The highest BCUT2D eigenvalue weighted by Gasteiger charge is 2.53. The number of Topliss-reactive ketones (excluding diaryl/α,β-unsaturated/α-hetero) is 2. The summed E-state index contributed by atoms with van der Waals surface area (Å²) in [7, 11) is 0. The monoisotopic (exact) mass is 372 g/mol. The minimum atomic E-state index is -1.12. The van der Waals surface area contributed by atoms with Crippen LogP contribution in [-0.4, -0.2) is 22.8 Å². The first-order valence-corrected chi connectivity index (χ1v) is 8.78. The molecule has 0 saturated carbocycles. The fraction of sp³-hybridized carbons (Fsp3) is 0.364. The molecule has 0 N–H and O–H groups in total. The van der Waals surface area contributed by atoms with Crippen molar-refractivity contribution < 1.29 is 23.1 Å². The highest BCUT2D eigenvalue weighted by atomic mass is 19.1. The standard InChI is InChI=1S/C22H22F2O3/c1-12-6-7-13(14-8-15(23)11-16(24)9-14)10-17(12)18-19(25)21(2,3)27-22(4,5)20(18)26/h6-11,18H,1-5H3. The first-order valence-electron chi connectivity index (χ1n) is 8.78. The third kappa shape index (κ3) is 3.44. The average molecular weight is 372 g/mol. The Hall–Kier alpha value is -2.40. The second-order valence-electron chi connectivity index (χ2n) is 8.01. The molecule has 0 aliphatic carbocycles. The molecule has 3 nitrogen and oxygen atoms in total. The molecule has 0 atom stereocenters. The van der Waals surface area contributed by atoms with Gasteiger partial charge >= 0.3 is 0 Å². The van der Waals surface area contributed by atoms with Gasteiger partial charge in [0.25, 0.3) is 0 Å². The normalized spacial score (nSPS) is 19.4. The van der Waals surface area contributed by atoms with Gasteiger partial charge in [0.1, 0.15) is 28.8 Å². The lowest BCUT2D eigenvalue weighted by Crippen LogP contribution is -2.58. The number of benzene rings is 2. The Balaban J connectivity index is 2.16. The molecule has 1 aliphatic heterocycles. The van der Waals surface area contributed by atoms with Gasteiger partial charge in [-0.1, -0.05) is 12.1 Å². The van der Waals surface area contributed by atoms with Crippen LogP contribution in [0.4, 0.5) is 8.78 Å². The van der Waals surface area contributed by atoms with Crippen molar-refractivity contribution in [2.45, 2.75) is 51.7 Å². The Morgan fingerprint density at radius 3 is 1.85 bits per heavy atom. The molecule has 2 aromatic rings. The number of rotatable bonds is 2. The summed E-state index contributed by atoms with van der Waals surface area (Å²) in [6.07, 6.45) is 0. The highest BCUT2D eigenvalue weighted by molar-refractivity contribution is 6.15. The van der Waals surface area contributed by atoms with Gasteiger partial charge in [-0.25, -0.2) is 8.78 Å². The lowest BCUT2D eigenvalue weighted by Gasteiger charge is -2.43. The molecule has 1 saturated heterocycles. The highest BCUT2D eigenvalue weighted by Crippen LogP contribution is 2.40. The molecule has 0 unspecified atom stereocenters. The Morgan fingerprint density at radius 1 is 0.815 bits per heavy atom. The second kappa shape index (κ2) is 6.34. The van der Waals surface area contributed by atoms with Gasteiger partial charge in [0.2, 0.25) is 0 Å². The Kier molecular flexibility index (Phi) is 4.55. The van der Waals surface area contributed by atoms with Crippen LogP contribution < -0.4 is 0 Å². The van der Waals surface area contributed by atoms with E-state index in [9.17, 15) is 18.4 Å². The number of ether oxygens (including phenoxy) is 1. The van der Waals surface area contributed by atoms with E-state index < -0.39 is 28.8 Å². The first kappa shape index (κ1) is 19.4. The molecule has 3 rings (SSSR count). The molecule has 0 spiro atoms. The van der Waals surface area contributed by atoms with E-state index in [0.29, 0.717) is 16.7 Å². The van der Waals surface area contributed by atoms with Crippen LogP contribution in [0.1, 0.15) is 44.7 Å². The predicted octanol–water partition coefficient (Wildman–Crippen LogP) is 4.75. The number of aryl methyl sites for hydroxylation is 1. The maximum absolute atomic E-state index is 13.6. The molecule has 2 aromatic carbocycles. The zero-order chi connectivity index (χ0) is 20.1. The minimum absolute atomic E-state index is 0.322. The van der Waals surface area contributed by atoms with Crippen LogP contribution in [-0.2, 0) is 14.3 Å². The zero-order valence-corrected chi connectivity index (χ0v) is 16.0. The van der Waals surface area contributed by atoms with Crippen LogP contribution in [0.3, 0.4) is 0 Å². The van der Waals surface area contributed by atoms with Crippen molar-refractivity contribution in [1.29, 1.82) is 0 Å².